The Labute approximate surface area is 120 Å². The minimum absolute atomic E-state index is 0.0511. The van der Waals surface area contributed by atoms with Crippen molar-refractivity contribution in [1.82, 2.24) is 0 Å². The van der Waals surface area contributed by atoms with Gasteiger partial charge in [-0.2, -0.15) is 0 Å². The van der Waals surface area contributed by atoms with E-state index in [0.717, 1.165) is 19.3 Å². The van der Waals surface area contributed by atoms with E-state index in [4.69, 9.17) is 11.6 Å². The molecule has 1 aromatic carbocycles. The first-order chi connectivity index (χ1) is 9.16. The largest absolute Gasteiger partial charge is 0.294 e. The summed E-state index contributed by atoms with van der Waals surface area (Å²) >= 11 is 5.86. The minimum atomic E-state index is -0.513. The number of hydrogen-bond donors (Lipinski definition) is 0. The van der Waals surface area contributed by atoms with Crippen molar-refractivity contribution in [3.8, 4) is 0 Å². The fourth-order valence-electron chi connectivity index (χ4n) is 2.13. The Morgan fingerprint density at radius 1 is 1.11 bits per heavy atom. The van der Waals surface area contributed by atoms with Gasteiger partial charge in [-0.3, -0.25) is 4.79 Å². The summed E-state index contributed by atoms with van der Waals surface area (Å²) < 4.78 is 13.5. The summed E-state index contributed by atoms with van der Waals surface area (Å²) in [6, 6.07) is 4.36. The van der Waals surface area contributed by atoms with Gasteiger partial charge in [-0.15, -0.1) is 0 Å². The van der Waals surface area contributed by atoms with E-state index >= 15 is 0 Å². The third kappa shape index (κ3) is 5.73. The molecule has 0 aromatic heterocycles. The van der Waals surface area contributed by atoms with Gasteiger partial charge < -0.3 is 0 Å². The zero-order chi connectivity index (χ0) is 14.1. The highest BCUT2D eigenvalue weighted by Gasteiger charge is 2.14. The molecule has 0 bridgehead atoms. The Morgan fingerprint density at radius 3 is 2.37 bits per heavy atom. The number of unbranched alkanes of at least 4 members (excludes halogenated alkanes) is 6. The topological polar surface area (TPSA) is 17.1 Å². The zero-order valence-electron chi connectivity index (χ0n) is 11.6. The van der Waals surface area contributed by atoms with Crippen LogP contribution in [0.2, 0.25) is 5.02 Å². The Morgan fingerprint density at radius 2 is 1.74 bits per heavy atom. The van der Waals surface area contributed by atoms with Crippen LogP contribution in [0, 0.1) is 5.82 Å². The molecule has 0 aliphatic rings. The number of Topliss-reactive ketones (excluding diaryl/α,β-unsaturated/α-hetero) is 1. The maximum atomic E-state index is 13.5. The smallest absolute Gasteiger partial charge is 0.167 e. The fourth-order valence-corrected chi connectivity index (χ4v) is 2.40. The van der Waals surface area contributed by atoms with Gasteiger partial charge in [0.2, 0.25) is 0 Å². The highest BCUT2D eigenvalue weighted by atomic mass is 35.5. The van der Waals surface area contributed by atoms with Crippen molar-refractivity contribution in [3.63, 3.8) is 0 Å². The van der Waals surface area contributed by atoms with Gasteiger partial charge >= 0.3 is 0 Å². The van der Waals surface area contributed by atoms with E-state index in [2.05, 4.69) is 6.92 Å². The van der Waals surface area contributed by atoms with Crippen LogP contribution in [-0.4, -0.2) is 5.78 Å². The van der Waals surface area contributed by atoms with Gasteiger partial charge in [0.25, 0.3) is 0 Å². The average Bonchev–Trinajstić information content (AvgIpc) is 2.37. The minimum Gasteiger partial charge on any atom is -0.294 e. The Hall–Kier alpha value is -0.890. The van der Waals surface area contributed by atoms with Gasteiger partial charge in [0.1, 0.15) is 5.82 Å². The molecule has 0 aliphatic heterocycles. The molecule has 0 radical (unpaired) electrons. The Balaban J connectivity index is 2.28. The highest BCUT2D eigenvalue weighted by Crippen LogP contribution is 2.21. The molecule has 0 spiro atoms. The molecule has 19 heavy (non-hydrogen) atoms. The molecule has 0 saturated carbocycles. The lowest BCUT2D eigenvalue weighted by Gasteiger charge is -2.05. The molecule has 0 N–H and O–H groups in total. The number of carbonyl (C=O) groups is 1. The Kier molecular flexibility index (Phi) is 7.73. The normalized spacial score (nSPS) is 10.7. The second kappa shape index (κ2) is 9.08. The molecule has 0 amide bonds. The first-order valence-electron chi connectivity index (χ1n) is 7.14. The van der Waals surface area contributed by atoms with Gasteiger partial charge in [-0.25, -0.2) is 4.39 Å². The van der Waals surface area contributed by atoms with E-state index in [9.17, 15) is 9.18 Å². The molecule has 3 heteroatoms. The predicted molar refractivity (Wildman–Crippen MR) is 78.4 cm³/mol. The number of hydrogen-bond acceptors (Lipinski definition) is 1. The highest BCUT2D eigenvalue weighted by molar-refractivity contribution is 6.34. The van der Waals surface area contributed by atoms with Crippen LogP contribution in [0.15, 0.2) is 18.2 Å². The monoisotopic (exact) mass is 284 g/mol. The molecular formula is C16H22ClFO. The summed E-state index contributed by atoms with van der Waals surface area (Å²) in [5.41, 5.74) is 0.0511. The maximum absolute atomic E-state index is 13.5. The second-order valence-electron chi connectivity index (χ2n) is 4.89. The van der Waals surface area contributed by atoms with E-state index in [0.29, 0.717) is 6.42 Å². The first-order valence-corrected chi connectivity index (χ1v) is 7.51. The van der Waals surface area contributed by atoms with E-state index in [1.165, 1.54) is 37.8 Å². The van der Waals surface area contributed by atoms with Crippen molar-refractivity contribution in [3.05, 3.63) is 34.6 Å². The molecule has 1 aromatic rings. The Bertz CT molecular complexity index is 383. The van der Waals surface area contributed by atoms with E-state index in [-0.39, 0.29) is 16.4 Å². The van der Waals surface area contributed by atoms with E-state index in [1.54, 1.807) is 6.07 Å². The summed E-state index contributed by atoms with van der Waals surface area (Å²) in [6.45, 7) is 2.19. The van der Waals surface area contributed by atoms with Crippen LogP contribution in [0.1, 0.15) is 68.6 Å². The van der Waals surface area contributed by atoms with Crippen molar-refractivity contribution in [2.45, 2.75) is 58.3 Å². The summed E-state index contributed by atoms with van der Waals surface area (Å²) in [6.07, 6.45) is 8.39. The van der Waals surface area contributed by atoms with Crippen LogP contribution in [-0.2, 0) is 0 Å². The SMILES string of the molecule is CCCCCCCCCC(=O)c1c(F)cccc1Cl. The van der Waals surface area contributed by atoms with Crippen molar-refractivity contribution in [2.24, 2.45) is 0 Å². The number of rotatable bonds is 9. The van der Waals surface area contributed by atoms with Crippen molar-refractivity contribution in [2.75, 3.05) is 0 Å². The third-order valence-electron chi connectivity index (χ3n) is 3.25. The standard InChI is InChI=1S/C16H22ClFO/c1-2-3-4-5-6-7-8-12-15(19)16-13(17)10-9-11-14(16)18/h9-11H,2-8,12H2,1H3. The number of carbonyl (C=O) groups excluding carboxylic acids is 1. The quantitative estimate of drug-likeness (QED) is 0.413. The summed E-state index contributed by atoms with van der Waals surface area (Å²) in [7, 11) is 0. The lowest BCUT2D eigenvalue weighted by atomic mass is 10.0. The summed E-state index contributed by atoms with van der Waals surface area (Å²) in [5.74, 6) is -0.697. The van der Waals surface area contributed by atoms with Crippen LogP contribution in [0.25, 0.3) is 0 Å². The predicted octanol–water partition coefficient (Wildman–Crippen LogP) is 5.80. The van der Waals surface area contributed by atoms with Crippen LogP contribution >= 0.6 is 11.6 Å². The number of ketones is 1. The van der Waals surface area contributed by atoms with Crippen LogP contribution < -0.4 is 0 Å². The van der Waals surface area contributed by atoms with E-state index in [1.807, 2.05) is 0 Å². The van der Waals surface area contributed by atoms with Crippen LogP contribution in [0.5, 0.6) is 0 Å². The molecule has 0 unspecified atom stereocenters. The van der Waals surface area contributed by atoms with Crippen molar-refractivity contribution in [1.29, 1.82) is 0 Å². The first kappa shape index (κ1) is 16.2. The molecule has 0 heterocycles. The fraction of sp³-hybridized carbons (Fsp3) is 0.562. The molecule has 1 nitrogen and oxygen atoms in total. The zero-order valence-corrected chi connectivity index (χ0v) is 12.3. The molecule has 0 atom stereocenters. The van der Waals surface area contributed by atoms with Gasteiger partial charge in [-0.1, -0.05) is 63.1 Å². The van der Waals surface area contributed by atoms with Crippen LogP contribution in [0.3, 0.4) is 0 Å². The van der Waals surface area contributed by atoms with Gasteiger partial charge in [0.05, 0.1) is 10.6 Å². The number of halogens is 2. The molecular weight excluding hydrogens is 263 g/mol. The molecule has 0 saturated heterocycles. The molecule has 0 aliphatic carbocycles. The van der Waals surface area contributed by atoms with Gasteiger partial charge in [0.15, 0.2) is 5.78 Å². The average molecular weight is 285 g/mol. The number of benzene rings is 1. The van der Waals surface area contributed by atoms with Crippen LogP contribution in [0.4, 0.5) is 4.39 Å². The molecule has 106 valence electrons. The van der Waals surface area contributed by atoms with Crippen molar-refractivity contribution < 1.29 is 9.18 Å². The van der Waals surface area contributed by atoms with Crippen molar-refractivity contribution >= 4 is 17.4 Å². The third-order valence-corrected chi connectivity index (χ3v) is 3.56. The van der Waals surface area contributed by atoms with Gasteiger partial charge in [-0.05, 0) is 18.6 Å². The molecule has 0 fully saturated rings. The lowest BCUT2D eigenvalue weighted by Crippen LogP contribution is -2.03. The summed E-state index contributed by atoms with van der Waals surface area (Å²) in [5, 5.41) is 0.216. The maximum Gasteiger partial charge on any atom is 0.167 e. The molecule has 1 rings (SSSR count). The van der Waals surface area contributed by atoms with Gasteiger partial charge in [0, 0.05) is 6.42 Å². The second-order valence-corrected chi connectivity index (χ2v) is 5.30. The lowest BCUT2D eigenvalue weighted by molar-refractivity contribution is 0.0975. The summed E-state index contributed by atoms with van der Waals surface area (Å²) in [4.78, 5) is 11.9. The van der Waals surface area contributed by atoms with E-state index < -0.39 is 5.82 Å².